The quantitative estimate of drug-likeness (QED) is 0.0227. The van der Waals surface area contributed by atoms with Crippen molar-refractivity contribution in [3.63, 3.8) is 0 Å². The Hall–Kier alpha value is -9.30. The highest BCUT2D eigenvalue weighted by Crippen LogP contribution is 2.47. The maximum absolute atomic E-state index is 13.0. The first-order valence-corrected chi connectivity index (χ1v) is 27.9. The molecule has 0 saturated heterocycles. The Labute approximate surface area is 494 Å². The van der Waals surface area contributed by atoms with Gasteiger partial charge in [0.1, 0.15) is 12.4 Å². The third-order valence-electron chi connectivity index (χ3n) is 14.9. The van der Waals surface area contributed by atoms with Crippen molar-refractivity contribution in [2.75, 3.05) is 68.2 Å². The van der Waals surface area contributed by atoms with Gasteiger partial charge in [-0.05, 0) is 152 Å². The van der Waals surface area contributed by atoms with Crippen LogP contribution in [0.5, 0.6) is 5.75 Å². The van der Waals surface area contributed by atoms with Crippen molar-refractivity contribution in [3.8, 4) is 5.75 Å². The second-order valence-electron chi connectivity index (χ2n) is 20.3. The number of alkyl halides is 3. The summed E-state index contributed by atoms with van der Waals surface area (Å²) in [6.45, 7) is 52.7. The van der Waals surface area contributed by atoms with Gasteiger partial charge in [-0.15, -0.1) is 21.9 Å². The molecule has 0 saturated carbocycles. The van der Waals surface area contributed by atoms with E-state index in [2.05, 4.69) is 118 Å². The van der Waals surface area contributed by atoms with Gasteiger partial charge in [0.15, 0.2) is 6.54 Å². The van der Waals surface area contributed by atoms with Gasteiger partial charge in [0, 0.05) is 56.7 Å². The summed E-state index contributed by atoms with van der Waals surface area (Å²) >= 11 is 0. The zero-order valence-corrected chi connectivity index (χ0v) is 50.1. The molecule has 0 N–H and O–H groups in total. The summed E-state index contributed by atoms with van der Waals surface area (Å²) in [6.07, 6.45) is 3.58. The van der Waals surface area contributed by atoms with Crippen LogP contribution in [0.3, 0.4) is 0 Å². The number of aromatic nitrogens is 6. The van der Waals surface area contributed by atoms with Crippen molar-refractivity contribution in [1.29, 1.82) is 0 Å². The Morgan fingerprint density at radius 1 is 0.671 bits per heavy atom. The van der Waals surface area contributed by atoms with Gasteiger partial charge in [0.05, 0.1) is 61.4 Å². The predicted molar refractivity (Wildman–Crippen MR) is 321 cm³/mol. The first kappa shape index (κ1) is 63.3. The molecule has 6 aromatic rings. The highest BCUT2D eigenvalue weighted by molar-refractivity contribution is 5.77. The van der Waals surface area contributed by atoms with Gasteiger partial charge in [-0.2, -0.15) is 13.2 Å². The largest absolute Gasteiger partial charge is 0.494 e. The Morgan fingerprint density at radius 2 is 1.33 bits per heavy atom. The minimum absolute atomic E-state index is 0.0801. The number of halogens is 3. The summed E-state index contributed by atoms with van der Waals surface area (Å²) in [6, 6.07) is 8.36. The lowest BCUT2D eigenvalue weighted by Gasteiger charge is -2.32. The van der Waals surface area contributed by atoms with E-state index in [1.54, 1.807) is 23.3 Å². The molecule has 0 fully saturated rings. The molecule has 0 unspecified atom stereocenters. The molecule has 0 aliphatic carbocycles. The standard InChI is InChI=1S/C21H26N6O2.C20H23F3N6O.C19H21N7/c1-6-12-27-13-8-9-16-15(3)17(10-11-19(16)27)24-25-21-23-18(14-29-28-7-2)20(22-4)26(21)5;1-11-14-8-7-9-28(5)16(14)17(30-6)12(2)15(11)26-27-19-25-13(3)18(24-4)29(19)10-20(21,22)23;1-6-25-10-8-9-14-12-15(13(3)11-16(14)25)23-24-19-22-17(20-4)18(21-5)26(19)7-2/h6,10-11H,1,7-9,12-14H2,2-3,5H3;7-10H2,1-3,5-6H3;11-12H,6-10H2,1-3H3. The average molecular weight is 1160 g/mol. The molecule has 3 aromatic carbocycles. The number of hydrogen-bond acceptors (Lipinski definition) is 15. The molecular weight excluding hydrogens is 1090 g/mol. The molecule has 22 nitrogen and oxygen atoms in total. The summed E-state index contributed by atoms with van der Waals surface area (Å²) < 4.78 is 48.7. The van der Waals surface area contributed by atoms with Gasteiger partial charge in [0.2, 0.25) is 0 Å². The molecular formula is C60H70F3N19O3. The molecule has 9 rings (SSSR count). The van der Waals surface area contributed by atoms with E-state index in [0.29, 0.717) is 48.0 Å². The first-order chi connectivity index (χ1) is 40.8. The molecule has 0 radical (unpaired) electrons. The number of anilines is 3. The van der Waals surface area contributed by atoms with E-state index in [1.165, 1.54) is 29.4 Å². The van der Waals surface area contributed by atoms with Crippen LogP contribution in [0.25, 0.3) is 19.4 Å². The summed E-state index contributed by atoms with van der Waals surface area (Å²) in [5.74, 6) is 1.56. The summed E-state index contributed by atoms with van der Waals surface area (Å²) in [7, 11) is 5.33. The van der Waals surface area contributed by atoms with Crippen molar-refractivity contribution in [2.24, 2.45) is 37.7 Å². The topological polar surface area (TPSA) is 182 Å². The number of hydrogen-bond donors (Lipinski definition) is 0. The second-order valence-corrected chi connectivity index (χ2v) is 20.3. The lowest BCUT2D eigenvalue weighted by Crippen LogP contribution is -2.29. The Morgan fingerprint density at radius 3 is 1.99 bits per heavy atom. The van der Waals surface area contributed by atoms with Crippen LogP contribution in [0.1, 0.15) is 90.4 Å². The maximum Gasteiger partial charge on any atom is 0.425 e. The van der Waals surface area contributed by atoms with Crippen LogP contribution >= 0.6 is 0 Å². The van der Waals surface area contributed by atoms with E-state index in [4.69, 9.17) is 40.8 Å². The highest BCUT2D eigenvalue weighted by atomic mass is 19.4. The summed E-state index contributed by atoms with van der Waals surface area (Å²) in [4.78, 5) is 42.8. The van der Waals surface area contributed by atoms with E-state index in [-0.39, 0.29) is 35.7 Å². The molecule has 3 aliphatic rings. The monoisotopic (exact) mass is 1160 g/mol. The smallest absolute Gasteiger partial charge is 0.425 e. The normalized spacial score (nSPS) is 13.7. The SMILES string of the molecule is [C-]#[N+]c1c(C)nc(N=Nc2c(C)c3c(c(OC)c2C)N(C)CCC3)n1CC(F)(F)F.[C-]#[N+]c1c(COOCC)nc(N=Nc2ccc3c(c2C)CCCN3CC=C)n1C.[C-]#[N+]c1nc(N=Nc2cc3c(cc2C)N(CC)CCC3)n(CC)c1[N+]#[C-]. The Bertz CT molecular complexity index is 3690. The summed E-state index contributed by atoms with van der Waals surface area (Å²) in [5.41, 5.74) is 13.9. The number of ether oxygens (including phenoxy) is 1. The number of imidazole rings is 3. The molecule has 3 aromatic heterocycles. The van der Waals surface area contributed by atoms with Crippen molar-refractivity contribution in [2.45, 2.75) is 120 Å². The molecule has 0 bridgehead atoms. The zero-order chi connectivity index (χ0) is 61.7. The third-order valence-corrected chi connectivity index (χ3v) is 14.9. The highest BCUT2D eigenvalue weighted by Gasteiger charge is 2.35. The van der Waals surface area contributed by atoms with Crippen LogP contribution < -0.4 is 19.4 Å². The first-order valence-electron chi connectivity index (χ1n) is 27.9. The van der Waals surface area contributed by atoms with E-state index < -0.39 is 12.7 Å². The van der Waals surface area contributed by atoms with Gasteiger partial charge in [-0.3, -0.25) is 4.57 Å². The minimum Gasteiger partial charge on any atom is -0.494 e. The molecule has 0 spiro atoms. The van der Waals surface area contributed by atoms with Crippen LogP contribution in [0.4, 0.5) is 88.4 Å². The third kappa shape index (κ3) is 14.0. The molecule has 444 valence electrons. The summed E-state index contributed by atoms with van der Waals surface area (Å²) in [5, 5.41) is 25.7. The van der Waals surface area contributed by atoms with Crippen LogP contribution in [0.2, 0.25) is 0 Å². The predicted octanol–water partition coefficient (Wildman–Crippen LogP) is 16.3. The second kappa shape index (κ2) is 28.3. The molecule has 3 aliphatic heterocycles. The van der Waals surface area contributed by atoms with E-state index in [9.17, 15) is 13.2 Å². The number of azo groups is 3. The van der Waals surface area contributed by atoms with E-state index >= 15 is 0 Å². The lowest BCUT2D eigenvalue weighted by molar-refractivity contribution is -0.301. The number of methoxy groups -OCH3 is 1. The number of benzene rings is 3. The van der Waals surface area contributed by atoms with Crippen LogP contribution in [-0.2, 0) is 55.8 Å². The van der Waals surface area contributed by atoms with Crippen molar-refractivity contribution < 1.29 is 27.7 Å². The van der Waals surface area contributed by atoms with Gasteiger partial charge in [-0.25, -0.2) is 28.9 Å². The fraction of sp³-hybridized carbons (Fsp3) is 0.450. The van der Waals surface area contributed by atoms with Gasteiger partial charge >= 0.3 is 24.0 Å². The molecule has 6 heterocycles. The number of aryl methyl sites for hydroxylation is 3. The number of fused-ring (bicyclic) bond motifs is 3. The van der Waals surface area contributed by atoms with E-state index in [0.717, 1.165) is 121 Å². The van der Waals surface area contributed by atoms with Crippen molar-refractivity contribution >= 4 is 75.2 Å². The van der Waals surface area contributed by atoms with Gasteiger partial charge < -0.3 is 38.8 Å². The fourth-order valence-corrected chi connectivity index (χ4v) is 10.7. The average Bonchev–Trinajstić information content (AvgIpc) is 4.26. The van der Waals surface area contributed by atoms with Crippen LogP contribution in [-0.4, -0.2) is 88.3 Å². The molecule has 25 heteroatoms. The van der Waals surface area contributed by atoms with Gasteiger partial charge in [0.25, 0.3) is 23.3 Å². The van der Waals surface area contributed by atoms with Crippen LogP contribution in [0, 0.1) is 60.9 Å². The van der Waals surface area contributed by atoms with Crippen molar-refractivity contribution in [3.05, 3.63) is 133 Å². The van der Waals surface area contributed by atoms with Crippen LogP contribution in [0.15, 0.2) is 67.6 Å². The minimum atomic E-state index is -4.51. The Kier molecular flexibility index (Phi) is 21.1. The number of rotatable bonds is 16. The van der Waals surface area contributed by atoms with E-state index in [1.807, 2.05) is 53.8 Å². The fourth-order valence-electron chi connectivity index (χ4n) is 10.7. The molecule has 85 heavy (non-hydrogen) atoms. The maximum atomic E-state index is 13.0. The van der Waals surface area contributed by atoms with Gasteiger partial charge in [-0.1, -0.05) is 52.7 Å². The zero-order valence-electron chi connectivity index (χ0n) is 50.1. The Balaban J connectivity index is 0.000000183. The lowest BCUT2D eigenvalue weighted by atomic mass is 9.92. The molecule has 0 atom stereocenters. The molecule has 0 amide bonds. The number of nitrogens with zero attached hydrogens (tertiary/aromatic N) is 19. The van der Waals surface area contributed by atoms with Crippen molar-refractivity contribution in [1.82, 2.24) is 28.7 Å².